The number of benzene rings is 1. The van der Waals surface area contributed by atoms with Gasteiger partial charge in [0.25, 0.3) is 0 Å². The summed E-state index contributed by atoms with van der Waals surface area (Å²) < 4.78 is 10.9. The minimum atomic E-state index is 0.349. The van der Waals surface area contributed by atoms with E-state index >= 15 is 0 Å². The van der Waals surface area contributed by atoms with Crippen molar-refractivity contribution in [3.05, 3.63) is 35.2 Å². The molecule has 0 amide bonds. The molecule has 2 aromatic rings. The van der Waals surface area contributed by atoms with E-state index in [4.69, 9.17) is 15.2 Å². The van der Waals surface area contributed by atoms with E-state index in [0.29, 0.717) is 24.9 Å². The SMILES string of the molecule is CCOCc1nc(N)cc(-c2ccc(C)c(C)c2OC)n1. The zero-order valence-electron chi connectivity index (χ0n) is 12.9. The molecule has 21 heavy (non-hydrogen) atoms. The van der Waals surface area contributed by atoms with E-state index < -0.39 is 0 Å². The molecule has 2 rings (SSSR count). The molecule has 0 saturated heterocycles. The normalized spacial score (nSPS) is 10.7. The summed E-state index contributed by atoms with van der Waals surface area (Å²) >= 11 is 0. The largest absolute Gasteiger partial charge is 0.496 e. The first-order valence-corrected chi connectivity index (χ1v) is 6.92. The van der Waals surface area contributed by atoms with Gasteiger partial charge < -0.3 is 15.2 Å². The summed E-state index contributed by atoms with van der Waals surface area (Å²) in [5.74, 6) is 1.82. The molecule has 0 spiro atoms. The van der Waals surface area contributed by atoms with Crippen LogP contribution < -0.4 is 10.5 Å². The molecule has 2 N–H and O–H groups in total. The van der Waals surface area contributed by atoms with Crippen molar-refractivity contribution in [2.45, 2.75) is 27.4 Å². The smallest absolute Gasteiger partial charge is 0.157 e. The lowest BCUT2D eigenvalue weighted by Gasteiger charge is -2.14. The minimum absolute atomic E-state index is 0.349. The van der Waals surface area contributed by atoms with Crippen molar-refractivity contribution in [2.24, 2.45) is 0 Å². The summed E-state index contributed by atoms with van der Waals surface area (Å²) in [6.07, 6.45) is 0. The van der Waals surface area contributed by atoms with Crippen LogP contribution in [0.2, 0.25) is 0 Å². The highest BCUT2D eigenvalue weighted by molar-refractivity contribution is 5.71. The first-order chi connectivity index (χ1) is 10.1. The topological polar surface area (TPSA) is 70.3 Å². The van der Waals surface area contributed by atoms with E-state index in [1.807, 2.05) is 26.0 Å². The predicted octanol–water partition coefficient (Wildman–Crippen LogP) is 2.89. The van der Waals surface area contributed by atoms with Crippen molar-refractivity contribution in [1.29, 1.82) is 0 Å². The second-order valence-corrected chi connectivity index (χ2v) is 4.82. The number of methoxy groups -OCH3 is 1. The number of aromatic nitrogens is 2. The van der Waals surface area contributed by atoms with Crippen molar-refractivity contribution in [3.63, 3.8) is 0 Å². The average molecular weight is 287 g/mol. The molecule has 0 saturated carbocycles. The molecule has 0 aliphatic carbocycles. The summed E-state index contributed by atoms with van der Waals surface area (Å²) in [7, 11) is 1.66. The van der Waals surface area contributed by atoms with Gasteiger partial charge in [0.15, 0.2) is 5.82 Å². The van der Waals surface area contributed by atoms with Crippen LogP contribution in [0.4, 0.5) is 5.82 Å². The molecule has 5 nitrogen and oxygen atoms in total. The fourth-order valence-electron chi connectivity index (χ4n) is 2.17. The van der Waals surface area contributed by atoms with E-state index in [9.17, 15) is 0 Å². The van der Waals surface area contributed by atoms with Gasteiger partial charge in [-0.25, -0.2) is 9.97 Å². The van der Waals surface area contributed by atoms with E-state index in [-0.39, 0.29) is 0 Å². The van der Waals surface area contributed by atoms with Crippen molar-refractivity contribution in [1.82, 2.24) is 9.97 Å². The summed E-state index contributed by atoms with van der Waals surface area (Å²) in [6.45, 7) is 6.97. The molecular weight excluding hydrogens is 266 g/mol. The van der Waals surface area contributed by atoms with Crippen molar-refractivity contribution < 1.29 is 9.47 Å². The van der Waals surface area contributed by atoms with Crippen LogP contribution >= 0.6 is 0 Å². The number of nitrogens with zero attached hydrogens (tertiary/aromatic N) is 2. The van der Waals surface area contributed by atoms with Crippen molar-refractivity contribution >= 4 is 5.82 Å². The molecule has 0 radical (unpaired) electrons. The molecule has 1 aromatic heterocycles. The van der Waals surface area contributed by atoms with Gasteiger partial charge in [-0.2, -0.15) is 0 Å². The third-order valence-corrected chi connectivity index (χ3v) is 3.38. The van der Waals surface area contributed by atoms with E-state index in [2.05, 4.69) is 16.9 Å². The Hall–Kier alpha value is -2.14. The monoisotopic (exact) mass is 287 g/mol. The third-order valence-electron chi connectivity index (χ3n) is 3.38. The molecule has 0 fully saturated rings. The van der Waals surface area contributed by atoms with Crippen molar-refractivity contribution in [2.75, 3.05) is 19.5 Å². The predicted molar refractivity (Wildman–Crippen MR) is 83.2 cm³/mol. The second-order valence-electron chi connectivity index (χ2n) is 4.82. The van der Waals surface area contributed by atoms with Gasteiger partial charge in [-0.15, -0.1) is 0 Å². The van der Waals surface area contributed by atoms with Gasteiger partial charge in [-0.1, -0.05) is 6.07 Å². The molecule has 5 heteroatoms. The van der Waals surface area contributed by atoms with Crippen LogP contribution in [0.15, 0.2) is 18.2 Å². The van der Waals surface area contributed by atoms with Crippen LogP contribution in [-0.2, 0) is 11.3 Å². The number of anilines is 1. The molecule has 0 unspecified atom stereocenters. The highest BCUT2D eigenvalue weighted by Crippen LogP contribution is 2.34. The zero-order chi connectivity index (χ0) is 15.4. The van der Waals surface area contributed by atoms with Gasteiger partial charge in [-0.3, -0.25) is 0 Å². The van der Waals surface area contributed by atoms with Crippen LogP contribution in [0.3, 0.4) is 0 Å². The van der Waals surface area contributed by atoms with Crippen LogP contribution in [0.25, 0.3) is 11.3 Å². The zero-order valence-corrected chi connectivity index (χ0v) is 12.9. The standard InChI is InChI=1S/C16H21N3O2/c1-5-21-9-15-18-13(8-14(17)19-15)12-7-6-10(2)11(3)16(12)20-4/h6-8H,5,9H2,1-4H3,(H2,17,18,19). The molecule has 1 aromatic carbocycles. The van der Waals surface area contributed by atoms with E-state index in [1.165, 1.54) is 5.56 Å². The molecule has 1 heterocycles. The molecule has 0 atom stereocenters. The van der Waals surface area contributed by atoms with Crippen LogP contribution in [-0.4, -0.2) is 23.7 Å². The molecular formula is C16H21N3O2. The first kappa shape index (κ1) is 15.3. The number of ether oxygens (including phenoxy) is 2. The number of nitrogens with two attached hydrogens (primary N) is 1. The van der Waals surface area contributed by atoms with E-state index in [1.54, 1.807) is 13.2 Å². The lowest BCUT2D eigenvalue weighted by molar-refractivity contribution is 0.128. The molecule has 0 bridgehead atoms. The van der Waals surface area contributed by atoms with Gasteiger partial charge in [-0.05, 0) is 38.0 Å². The maximum Gasteiger partial charge on any atom is 0.157 e. The number of aryl methyl sites for hydroxylation is 1. The quantitative estimate of drug-likeness (QED) is 0.915. The highest BCUT2D eigenvalue weighted by Gasteiger charge is 2.13. The fourth-order valence-corrected chi connectivity index (χ4v) is 2.17. The Labute approximate surface area is 125 Å². The maximum absolute atomic E-state index is 5.88. The molecule has 112 valence electrons. The Bertz CT molecular complexity index is 642. The molecule has 0 aliphatic rings. The Kier molecular flexibility index (Phi) is 4.75. The number of nitrogen functional groups attached to an aromatic ring is 1. The lowest BCUT2D eigenvalue weighted by Crippen LogP contribution is -2.04. The second kappa shape index (κ2) is 6.54. The van der Waals surface area contributed by atoms with Crippen LogP contribution in [0.5, 0.6) is 5.75 Å². The van der Waals surface area contributed by atoms with Gasteiger partial charge in [0.1, 0.15) is 18.2 Å². The first-order valence-electron chi connectivity index (χ1n) is 6.92. The molecule has 0 aliphatic heterocycles. The van der Waals surface area contributed by atoms with Crippen LogP contribution in [0.1, 0.15) is 23.9 Å². The van der Waals surface area contributed by atoms with Crippen molar-refractivity contribution in [3.8, 4) is 17.0 Å². The number of hydrogen-bond donors (Lipinski definition) is 1. The summed E-state index contributed by atoms with van der Waals surface area (Å²) in [4.78, 5) is 8.72. The Morgan fingerprint density at radius 3 is 2.62 bits per heavy atom. The van der Waals surface area contributed by atoms with Gasteiger partial charge in [0, 0.05) is 18.2 Å². The fraction of sp³-hybridized carbons (Fsp3) is 0.375. The number of rotatable bonds is 5. The Morgan fingerprint density at radius 2 is 1.95 bits per heavy atom. The van der Waals surface area contributed by atoms with E-state index in [0.717, 1.165) is 22.6 Å². The summed E-state index contributed by atoms with van der Waals surface area (Å²) in [5.41, 5.74) is 9.81. The lowest BCUT2D eigenvalue weighted by atomic mass is 10.0. The minimum Gasteiger partial charge on any atom is -0.496 e. The summed E-state index contributed by atoms with van der Waals surface area (Å²) in [5, 5.41) is 0. The Balaban J connectivity index is 2.51. The average Bonchev–Trinajstić information content (AvgIpc) is 2.47. The highest BCUT2D eigenvalue weighted by atomic mass is 16.5. The van der Waals surface area contributed by atoms with Gasteiger partial charge in [0.2, 0.25) is 0 Å². The van der Waals surface area contributed by atoms with Crippen LogP contribution in [0, 0.1) is 13.8 Å². The Morgan fingerprint density at radius 1 is 1.19 bits per heavy atom. The van der Waals surface area contributed by atoms with Gasteiger partial charge in [0.05, 0.1) is 12.8 Å². The van der Waals surface area contributed by atoms with Gasteiger partial charge >= 0.3 is 0 Å². The maximum atomic E-state index is 5.88. The summed E-state index contributed by atoms with van der Waals surface area (Å²) in [6, 6.07) is 5.79. The number of hydrogen-bond acceptors (Lipinski definition) is 5. The third kappa shape index (κ3) is 3.31.